The Morgan fingerprint density at radius 3 is 2.79 bits per heavy atom. The fraction of sp³-hybridized carbons (Fsp3) is 0. The molecule has 5 nitrogen and oxygen atoms in total. The Hall–Kier alpha value is -2.17. The van der Waals surface area contributed by atoms with Gasteiger partial charge in [-0.1, -0.05) is 0 Å². The lowest BCUT2D eigenvalue weighted by molar-refractivity contribution is 0.917. The maximum atomic E-state index is 11.3. The van der Waals surface area contributed by atoms with Gasteiger partial charge in [0.15, 0.2) is 0 Å². The predicted molar refractivity (Wildman–Crippen MR) is 52.0 cm³/mol. The Morgan fingerprint density at radius 2 is 2.14 bits per heavy atom. The molecule has 0 aliphatic heterocycles. The molecule has 2 aromatic heterocycles. The third kappa shape index (κ3) is 1.47. The molecule has 0 spiro atoms. The van der Waals surface area contributed by atoms with Gasteiger partial charge < -0.3 is 5.73 Å². The molecular weight excluding hydrogens is 180 g/mol. The number of nitrogens with zero attached hydrogens (tertiary/aromatic N) is 3. The van der Waals surface area contributed by atoms with E-state index in [4.69, 9.17) is 5.73 Å². The molecule has 0 aliphatic carbocycles. The van der Waals surface area contributed by atoms with E-state index in [1.807, 2.05) is 0 Å². The molecule has 0 saturated carbocycles. The minimum atomic E-state index is -0.218. The second-order valence-electron chi connectivity index (χ2n) is 2.73. The molecule has 0 amide bonds. The van der Waals surface area contributed by atoms with Gasteiger partial charge in [0, 0.05) is 12.4 Å². The Balaban J connectivity index is 2.56. The van der Waals surface area contributed by atoms with E-state index in [1.165, 1.54) is 23.2 Å². The molecule has 0 saturated heterocycles. The third-order valence-corrected chi connectivity index (χ3v) is 1.74. The van der Waals surface area contributed by atoms with Crippen molar-refractivity contribution in [1.29, 1.82) is 0 Å². The molecule has 0 unspecified atom stereocenters. The smallest absolute Gasteiger partial charge is 0.274 e. The zero-order valence-corrected chi connectivity index (χ0v) is 7.29. The molecule has 70 valence electrons. The van der Waals surface area contributed by atoms with E-state index in [9.17, 15) is 4.79 Å². The van der Waals surface area contributed by atoms with Crippen molar-refractivity contribution in [3.05, 3.63) is 47.3 Å². The van der Waals surface area contributed by atoms with Crippen LogP contribution in [0.4, 0.5) is 5.69 Å². The van der Waals surface area contributed by atoms with Gasteiger partial charge >= 0.3 is 0 Å². The lowest BCUT2D eigenvalue weighted by Crippen LogP contribution is -2.17. The summed E-state index contributed by atoms with van der Waals surface area (Å²) in [5.41, 5.74) is 5.83. The van der Waals surface area contributed by atoms with Crippen molar-refractivity contribution in [2.45, 2.75) is 0 Å². The maximum absolute atomic E-state index is 11.3. The van der Waals surface area contributed by atoms with Crippen LogP contribution in [0.3, 0.4) is 0 Å². The molecule has 2 rings (SSSR count). The standard InChI is InChI=1S/C9H8N4O/c10-7-1-2-8(12-5-7)13-4-3-11-6-9(13)14/h1-6H,10H2. The van der Waals surface area contributed by atoms with Crippen molar-refractivity contribution in [3.8, 4) is 5.82 Å². The summed E-state index contributed by atoms with van der Waals surface area (Å²) < 4.78 is 1.40. The third-order valence-electron chi connectivity index (χ3n) is 1.74. The molecule has 2 heterocycles. The summed E-state index contributed by atoms with van der Waals surface area (Å²) in [6.45, 7) is 0. The predicted octanol–water partition coefficient (Wildman–Crippen LogP) is 0.210. The maximum Gasteiger partial charge on any atom is 0.274 e. The number of hydrogen-bond donors (Lipinski definition) is 1. The molecule has 0 radical (unpaired) electrons. The van der Waals surface area contributed by atoms with Gasteiger partial charge in [-0.2, -0.15) is 0 Å². The molecule has 0 fully saturated rings. The van der Waals surface area contributed by atoms with Crippen LogP contribution in [0.1, 0.15) is 0 Å². The lowest BCUT2D eigenvalue weighted by atomic mass is 10.4. The van der Waals surface area contributed by atoms with Crippen LogP contribution in [-0.4, -0.2) is 14.5 Å². The van der Waals surface area contributed by atoms with Crippen LogP contribution in [0.25, 0.3) is 5.82 Å². The number of anilines is 1. The van der Waals surface area contributed by atoms with E-state index in [1.54, 1.807) is 18.3 Å². The first-order chi connectivity index (χ1) is 6.77. The molecule has 2 N–H and O–H groups in total. The van der Waals surface area contributed by atoms with Gasteiger partial charge in [0.2, 0.25) is 0 Å². The molecule has 0 atom stereocenters. The van der Waals surface area contributed by atoms with Gasteiger partial charge in [0.05, 0.1) is 18.1 Å². The summed E-state index contributed by atoms with van der Waals surface area (Å²) in [7, 11) is 0. The fourth-order valence-corrected chi connectivity index (χ4v) is 1.08. The van der Waals surface area contributed by atoms with E-state index in [0.29, 0.717) is 11.5 Å². The van der Waals surface area contributed by atoms with Crippen LogP contribution in [-0.2, 0) is 0 Å². The topological polar surface area (TPSA) is 73.8 Å². The quantitative estimate of drug-likeness (QED) is 0.694. The van der Waals surface area contributed by atoms with E-state index in [-0.39, 0.29) is 5.56 Å². The van der Waals surface area contributed by atoms with E-state index in [2.05, 4.69) is 9.97 Å². The Bertz CT molecular complexity index is 489. The van der Waals surface area contributed by atoms with Crippen LogP contribution in [0, 0.1) is 0 Å². The van der Waals surface area contributed by atoms with Crippen LogP contribution < -0.4 is 11.3 Å². The number of nitrogens with two attached hydrogens (primary N) is 1. The molecule has 5 heteroatoms. The minimum Gasteiger partial charge on any atom is -0.397 e. The van der Waals surface area contributed by atoms with Crippen LogP contribution in [0.2, 0.25) is 0 Å². The van der Waals surface area contributed by atoms with E-state index < -0.39 is 0 Å². The van der Waals surface area contributed by atoms with Crippen molar-refractivity contribution in [2.75, 3.05) is 5.73 Å². The summed E-state index contributed by atoms with van der Waals surface area (Å²) >= 11 is 0. The number of aromatic nitrogens is 3. The zero-order valence-electron chi connectivity index (χ0n) is 7.29. The first kappa shape index (κ1) is 8.43. The SMILES string of the molecule is Nc1ccc(-n2ccncc2=O)nc1. The van der Waals surface area contributed by atoms with Crippen molar-refractivity contribution < 1.29 is 0 Å². The van der Waals surface area contributed by atoms with Gasteiger partial charge in [-0.05, 0) is 12.1 Å². The first-order valence-electron chi connectivity index (χ1n) is 4.02. The molecule has 0 aliphatic rings. The first-order valence-corrected chi connectivity index (χ1v) is 4.02. The highest BCUT2D eigenvalue weighted by atomic mass is 16.1. The lowest BCUT2D eigenvalue weighted by Gasteiger charge is -2.02. The summed E-state index contributed by atoms with van der Waals surface area (Å²) in [5.74, 6) is 0.534. The molecule has 14 heavy (non-hydrogen) atoms. The largest absolute Gasteiger partial charge is 0.397 e. The van der Waals surface area contributed by atoms with Crippen LogP contribution >= 0.6 is 0 Å². The molecular formula is C9H8N4O. The summed E-state index contributed by atoms with van der Waals surface area (Å²) in [5, 5.41) is 0. The van der Waals surface area contributed by atoms with Gasteiger partial charge in [-0.25, -0.2) is 4.98 Å². The minimum absolute atomic E-state index is 0.218. The highest BCUT2D eigenvalue weighted by Crippen LogP contribution is 2.03. The Labute approximate surface area is 79.9 Å². The Kier molecular flexibility index (Phi) is 1.98. The average Bonchev–Trinajstić information content (AvgIpc) is 2.20. The van der Waals surface area contributed by atoms with Crippen molar-refractivity contribution in [1.82, 2.24) is 14.5 Å². The molecule has 0 bridgehead atoms. The number of pyridine rings is 1. The molecule has 0 aromatic carbocycles. The van der Waals surface area contributed by atoms with Gasteiger partial charge in [0.25, 0.3) is 5.56 Å². The van der Waals surface area contributed by atoms with Gasteiger partial charge in [-0.15, -0.1) is 0 Å². The second kappa shape index (κ2) is 3.29. The highest BCUT2D eigenvalue weighted by Gasteiger charge is 1.98. The molecule has 2 aromatic rings. The van der Waals surface area contributed by atoms with E-state index in [0.717, 1.165) is 0 Å². The number of rotatable bonds is 1. The van der Waals surface area contributed by atoms with Crippen molar-refractivity contribution >= 4 is 5.69 Å². The van der Waals surface area contributed by atoms with Crippen LogP contribution in [0.15, 0.2) is 41.7 Å². The summed E-state index contributed by atoms with van der Waals surface area (Å²) in [4.78, 5) is 19.1. The van der Waals surface area contributed by atoms with Gasteiger partial charge in [-0.3, -0.25) is 14.3 Å². The zero-order chi connectivity index (χ0) is 9.97. The fourth-order valence-electron chi connectivity index (χ4n) is 1.08. The van der Waals surface area contributed by atoms with E-state index >= 15 is 0 Å². The number of hydrogen-bond acceptors (Lipinski definition) is 4. The normalized spacial score (nSPS) is 10.0. The summed E-state index contributed by atoms with van der Waals surface area (Å²) in [6, 6.07) is 3.37. The van der Waals surface area contributed by atoms with Crippen molar-refractivity contribution in [2.24, 2.45) is 0 Å². The monoisotopic (exact) mass is 188 g/mol. The summed E-state index contributed by atoms with van der Waals surface area (Å²) in [6.07, 6.45) is 5.82. The average molecular weight is 188 g/mol. The van der Waals surface area contributed by atoms with Crippen LogP contribution in [0.5, 0.6) is 0 Å². The van der Waals surface area contributed by atoms with Crippen molar-refractivity contribution in [3.63, 3.8) is 0 Å². The number of nitrogen functional groups attached to an aromatic ring is 1. The van der Waals surface area contributed by atoms with Gasteiger partial charge in [0.1, 0.15) is 5.82 Å². The Morgan fingerprint density at radius 1 is 1.29 bits per heavy atom. The highest BCUT2D eigenvalue weighted by molar-refractivity contribution is 5.38. The second-order valence-corrected chi connectivity index (χ2v) is 2.73.